The first-order valence-electron chi connectivity index (χ1n) is 8.33. The summed E-state index contributed by atoms with van der Waals surface area (Å²) in [7, 11) is 0. The number of aliphatic imine (C=N–C) groups is 1. The van der Waals surface area contributed by atoms with Crippen LogP contribution in [0.4, 0.5) is 5.69 Å². The van der Waals surface area contributed by atoms with E-state index in [1.807, 2.05) is 18.2 Å². The number of dihydropyridines is 1. The van der Waals surface area contributed by atoms with Crippen LogP contribution in [0.3, 0.4) is 0 Å². The van der Waals surface area contributed by atoms with Crippen LogP contribution in [-0.2, 0) is 6.54 Å². The molecule has 0 spiro atoms. The highest BCUT2D eigenvalue weighted by molar-refractivity contribution is 6.68. The summed E-state index contributed by atoms with van der Waals surface area (Å²) in [4.78, 5) is 20.1. The van der Waals surface area contributed by atoms with Gasteiger partial charge in [-0.05, 0) is 35.9 Å². The third kappa shape index (κ3) is 5.61. The number of amides is 1. The molecule has 6 nitrogen and oxygen atoms in total. The summed E-state index contributed by atoms with van der Waals surface area (Å²) < 4.78 is 0. The van der Waals surface area contributed by atoms with E-state index in [0.29, 0.717) is 34.7 Å². The second-order valence-corrected chi connectivity index (χ2v) is 6.81. The van der Waals surface area contributed by atoms with Gasteiger partial charge in [-0.2, -0.15) is 0 Å². The van der Waals surface area contributed by atoms with Crippen LogP contribution in [-0.4, -0.2) is 33.9 Å². The molecule has 0 saturated carbocycles. The number of pyridine rings is 1. The van der Waals surface area contributed by atoms with Gasteiger partial charge >= 0.3 is 0 Å². The highest BCUT2D eigenvalue weighted by atomic mass is 35.5. The molecule has 0 fully saturated rings. The molecule has 0 bridgehead atoms. The molecule has 2 unspecified atom stereocenters. The zero-order valence-corrected chi connectivity index (χ0v) is 15.8. The Morgan fingerprint density at radius 3 is 2.63 bits per heavy atom. The minimum atomic E-state index is -0.716. The molecule has 2 atom stereocenters. The fourth-order valence-corrected chi connectivity index (χ4v) is 2.76. The molecule has 1 aromatic heterocycles. The van der Waals surface area contributed by atoms with Gasteiger partial charge in [-0.1, -0.05) is 41.4 Å². The van der Waals surface area contributed by atoms with E-state index in [2.05, 4.69) is 20.6 Å². The second-order valence-electron chi connectivity index (χ2n) is 6.03. The van der Waals surface area contributed by atoms with E-state index >= 15 is 0 Å². The first-order valence-corrected chi connectivity index (χ1v) is 9.08. The summed E-state index contributed by atoms with van der Waals surface area (Å²) in [5.74, 6) is -0.372. The van der Waals surface area contributed by atoms with Crippen molar-refractivity contribution in [3.63, 3.8) is 0 Å². The lowest BCUT2D eigenvalue weighted by Gasteiger charge is -2.21. The Hall–Kier alpha value is -2.25. The van der Waals surface area contributed by atoms with Gasteiger partial charge in [-0.15, -0.1) is 0 Å². The average molecular weight is 405 g/mol. The molecule has 8 heteroatoms. The fourth-order valence-electron chi connectivity index (χ4n) is 2.51. The predicted molar refractivity (Wildman–Crippen MR) is 107 cm³/mol. The molecule has 2 aromatic rings. The molecule has 0 saturated heterocycles. The highest BCUT2D eigenvalue weighted by Crippen LogP contribution is 2.14. The number of halogens is 2. The van der Waals surface area contributed by atoms with Crippen LogP contribution in [0.25, 0.3) is 0 Å². The van der Waals surface area contributed by atoms with Gasteiger partial charge in [0.1, 0.15) is 16.6 Å². The lowest BCUT2D eigenvalue weighted by molar-refractivity contribution is 0.0960. The number of carbonyl (C=O) groups excluding carboxylic acids is 1. The molecular weight excluding hydrogens is 387 g/mol. The first-order chi connectivity index (χ1) is 13.0. The molecular formula is C19H18Cl2N4O2. The lowest BCUT2D eigenvalue weighted by Crippen LogP contribution is -2.37. The summed E-state index contributed by atoms with van der Waals surface area (Å²) in [6.07, 6.45) is 4.24. The molecule has 3 rings (SSSR count). The Morgan fingerprint density at radius 1 is 1.22 bits per heavy atom. The number of aliphatic hydroxyl groups is 1. The standard InChI is InChI=1S/C19H18Cl2N4O2/c20-16-7-3-13(10-22-16)18(26)24-9-12-1-5-15(6-2-12)25-19(27)14-4-8-17(21)23-11-14/h1-8,11,13,18,24,26H,9-10H2,(H,25,27). The third-order valence-electron chi connectivity index (χ3n) is 4.06. The topological polar surface area (TPSA) is 86.6 Å². The van der Waals surface area contributed by atoms with Crippen LogP contribution in [0.2, 0.25) is 5.15 Å². The number of benzene rings is 1. The van der Waals surface area contributed by atoms with Crippen molar-refractivity contribution in [3.8, 4) is 0 Å². The van der Waals surface area contributed by atoms with Crippen molar-refractivity contribution in [2.45, 2.75) is 12.8 Å². The van der Waals surface area contributed by atoms with E-state index < -0.39 is 6.23 Å². The van der Waals surface area contributed by atoms with Crippen molar-refractivity contribution in [1.82, 2.24) is 10.3 Å². The minimum absolute atomic E-state index is 0.112. The zero-order chi connectivity index (χ0) is 19.2. The van der Waals surface area contributed by atoms with Crippen LogP contribution in [0, 0.1) is 5.92 Å². The number of hydrogen-bond acceptors (Lipinski definition) is 5. The monoisotopic (exact) mass is 404 g/mol. The molecule has 0 aliphatic carbocycles. The van der Waals surface area contributed by atoms with Gasteiger partial charge in [0.05, 0.1) is 12.1 Å². The molecule has 1 aliphatic rings. The largest absolute Gasteiger partial charge is 0.378 e. The van der Waals surface area contributed by atoms with Crippen molar-refractivity contribution in [3.05, 3.63) is 71.0 Å². The van der Waals surface area contributed by atoms with E-state index in [0.717, 1.165) is 5.56 Å². The Balaban J connectivity index is 1.50. The van der Waals surface area contributed by atoms with E-state index in [4.69, 9.17) is 23.2 Å². The molecule has 1 aliphatic heterocycles. The Morgan fingerprint density at radius 2 is 2.00 bits per heavy atom. The number of nitrogens with zero attached hydrogens (tertiary/aromatic N) is 2. The maximum atomic E-state index is 12.2. The number of aromatic nitrogens is 1. The van der Waals surface area contributed by atoms with Gasteiger partial charge in [-0.25, -0.2) is 4.98 Å². The second kappa shape index (κ2) is 9.10. The molecule has 140 valence electrons. The van der Waals surface area contributed by atoms with E-state index in [1.54, 1.807) is 30.3 Å². The molecule has 27 heavy (non-hydrogen) atoms. The Labute approximate surface area is 166 Å². The third-order valence-corrected chi connectivity index (χ3v) is 4.53. The molecule has 1 aromatic carbocycles. The summed E-state index contributed by atoms with van der Waals surface area (Å²) in [5, 5.41) is 16.8. The van der Waals surface area contributed by atoms with E-state index in [1.165, 1.54) is 6.20 Å². The molecule has 2 heterocycles. The van der Waals surface area contributed by atoms with Gasteiger partial charge < -0.3 is 10.4 Å². The fraction of sp³-hybridized carbons (Fsp3) is 0.211. The van der Waals surface area contributed by atoms with Crippen LogP contribution in [0.15, 0.2) is 59.7 Å². The number of carbonyl (C=O) groups is 1. The maximum Gasteiger partial charge on any atom is 0.257 e. The Kier molecular flexibility index (Phi) is 6.58. The van der Waals surface area contributed by atoms with Gasteiger partial charge in [0, 0.05) is 24.3 Å². The van der Waals surface area contributed by atoms with Crippen LogP contribution in [0.5, 0.6) is 0 Å². The van der Waals surface area contributed by atoms with Gasteiger partial charge in [0.2, 0.25) is 0 Å². The normalized spacial score (nSPS) is 17.3. The molecule has 0 radical (unpaired) electrons. The summed E-state index contributed by atoms with van der Waals surface area (Å²) in [6.45, 7) is 0.937. The van der Waals surface area contributed by atoms with Gasteiger partial charge in [0.25, 0.3) is 5.91 Å². The van der Waals surface area contributed by atoms with E-state index in [-0.39, 0.29) is 11.8 Å². The number of hydrogen-bond donors (Lipinski definition) is 3. The Bertz CT molecular complexity index is 851. The van der Waals surface area contributed by atoms with Gasteiger partial charge in [0.15, 0.2) is 0 Å². The van der Waals surface area contributed by atoms with Crippen molar-refractivity contribution in [1.29, 1.82) is 0 Å². The van der Waals surface area contributed by atoms with Crippen LogP contribution < -0.4 is 10.6 Å². The number of rotatable bonds is 6. The maximum absolute atomic E-state index is 12.2. The molecule has 3 N–H and O–H groups in total. The summed E-state index contributed by atoms with van der Waals surface area (Å²) >= 11 is 11.5. The molecule has 1 amide bonds. The smallest absolute Gasteiger partial charge is 0.257 e. The van der Waals surface area contributed by atoms with Gasteiger partial charge in [-0.3, -0.25) is 15.1 Å². The number of aliphatic hydroxyl groups excluding tert-OH is 1. The van der Waals surface area contributed by atoms with Crippen molar-refractivity contribution < 1.29 is 9.90 Å². The van der Waals surface area contributed by atoms with Crippen LogP contribution in [0.1, 0.15) is 15.9 Å². The first kappa shape index (κ1) is 19.5. The van der Waals surface area contributed by atoms with Crippen LogP contribution >= 0.6 is 23.2 Å². The summed E-state index contributed by atoms with van der Waals surface area (Å²) in [5.41, 5.74) is 2.07. The van der Waals surface area contributed by atoms with Crippen molar-refractivity contribution >= 4 is 40.0 Å². The number of anilines is 1. The van der Waals surface area contributed by atoms with E-state index in [9.17, 15) is 9.90 Å². The number of nitrogens with one attached hydrogen (secondary N) is 2. The van der Waals surface area contributed by atoms with Crippen molar-refractivity contribution in [2.75, 3.05) is 11.9 Å². The number of allylic oxidation sites excluding steroid dienone is 1. The average Bonchev–Trinajstić information content (AvgIpc) is 2.68. The zero-order valence-electron chi connectivity index (χ0n) is 14.3. The predicted octanol–water partition coefficient (Wildman–Crippen LogP) is 3.22. The van der Waals surface area contributed by atoms with Crippen molar-refractivity contribution in [2.24, 2.45) is 10.9 Å². The SMILES string of the molecule is O=C(Nc1ccc(CNC(O)C2C=CC(Cl)=NC2)cc1)c1ccc(Cl)nc1. The lowest BCUT2D eigenvalue weighted by atomic mass is 10.1. The minimum Gasteiger partial charge on any atom is -0.378 e. The quantitative estimate of drug-likeness (QED) is 0.509. The summed E-state index contributed by atoms with van der Waals surface area (Å²) in [6, 6.07) is 10.5. The highest BCUT2D eigenvalue weighted by Gasteiger charge is 2.18.